The van der Waals surface area contributed by atoms with Gasteiger partial charge in [-0.1, -0.05) is 12.8 Å². The number of nitrogens with zero attached hydrogens (tertiary/aromatic N) is 7. The van der Waals surface area contributed by atoms with Gasteiger partial charge in [-0.05, 0) is 36.0 Å². The predicted molar refractivity (Wildman–Crippen MR) is 110 cm³/mol. The van der Waals surface area contributed by atoms with Gasteiger partial charge in [-0.3, -0.25) is 4.79 Å². The Hall–Kier alpha value is -2.49. The summed E-state index contributed by atoms with van der Waals surface area (Å²) >= 11 is 0. The first-order chi connectivity index (χ1) is 14.8. The van der Waals surface area contributed by atoms with Crippen molar-refractivity contribution in [1.29, 1.82) is 0 Å². The molecule has 162 valence electrons. The molecule has 5 rings (SSSR count). The van der Waals surface area contributed by atoms with Crippen LogP contribution in [0.25, 0.3) is 11.3 Å². The fraction of sp³-hybridized carbons (Fsp3) is 0.750. The number of carbonyl (C=O) groups is 1. The van der Waals surface area contributed by atoms with E-state index in [1.54, 1.807) is 0 Å². The van der Waals surface area contributed by atoms with Gasteiger partial charge in [-0.25, -0.2) is 14.6 Å². The number of hydrogen-bond donors (Lipinski definition) is 0. The first-order valence-corrected chi connectivity index (χ1v) is 11.2. The maximum atomic E-state index is 12.9. The van der Waals surface area contributed by atoms with Gasteiger partial charge in [0, 0.05) is 45.2 Å². The molecule has 1 amide bonds. The van der Waals surface area contributed by atoms with Crippen LogP contribution in [-0.2, 0) is 9.53 Å². The maximum Gasteiger partial charge on any atom is 0.245 e. The topological polar surface area (TPSA) is 101 Å². The van der Waals surface area contributed by atoms with Crippen molar-refractivity contribution < 1.29 is 14.2 Å². The molecule has 0 saturated carbocycles. The lowest BCUT2D eigenvalue weighted by molar-refractivity contribution is -0.140. The second kappa shape index (κ2) is 8.71. The lowest BCUT2D eigenvalue weighted by atomic mass is 9.95. The van der Waals surface area contributed by atoms with E-state index in [0.717, 1.165) is 63.5 Å². The fourth-order valence-electron chi connectivity index (χ4n) is 4.71. The Morgan fingerprint density at radius 3 is 1.93 bits per heavy atom. The highest BCUT2D eigenvalue weighted by atomic mass is 16.6. The summed E-state index contributed by atoms with van der Waals surface area (Å²) in [6.07, 6.45) is 6.47. The van der Waals surface area contributed by atoms with Gasteiger partial charge in [-0.15, -0.1) is 0 Å². The van der Waals surface area contributed by atoms with Gasteiger partial charge in [-0.2, -0.15) is 0 Å². The summed E-state index contributed by atoms with van der Waals surface area (Å²) in [5, 5.41) is 7.81. The summed E-state index contributed by atoms with van der Waals surface area (Å²) in [4.78, 5) is 28.9. The Labute approximate surface area is 175 Å². The second-order valence-electron chi connectivity index (χ2n) is 8.38. The number of ether oxygens (including phenoxy) is 1. The van der Waals surface area contributed by atoms with E-state index in [0.29, 0.717) is 37.6 Å². The van der Waals surface area contributed by atoms with Gasteiger partial charge >= 0.3 is 0 Å². The molecule has 0 bridgehead atoms. The smallest absolute Gasteiger partial charge is 0.245 e. The number of aromatic nitrogens is 4. The molecule has 0 N–H and O–H groups in total. The number of piperidine rings is 1. The Balaban J connectivity index is 1.34. The highest BCUT2D eigenvalue weighted by Crippen LogP contribution is 2.32. The molecule has 0 atom stereocenters. The van der Waals surface area contributed by atoms with Crippen LogP contribution in [-0.4, -0.2) is 83.6 Å². The molecular formula is C20H29N7O3. The predicted octanol–water partition coefficient (Wildman–Crippen LogP) is 1.47. The molecule has 0 unspecified atom stereocenters. The molecule has 0 aliphatic carbocycles. The third kappa shape index (κ3) is 3.92. The number of carbonyl (C=O) groups excluding carboxylic acids is 1. The van der Waals surface area contributed by atoms with Gasteiger partial charge < -0.3 is 19.4 Å². The average Bonchev–Trinajstić information content (AvgIpc) is 3.09. The first kappa shape index (κ1) is 19.5. The summed E-state index contributed by atoms with van der Waals surface area (Å²) < 4.78 is 10.2. The van der Waals surface area contributed by atoms with E-state index in [-0.39, 0.29) is 11.8 Å². The monoisotopic (exact) mass is 415 g/mol. The zero-order valence-corrected chi connectivity index (χ0v) is 17.3. The van der Waals surface area contributed by atoms with E-state index in [1.807, 2.05) is 4.90 Å². The van der Waals surface area contributed by atoms with Crippen LogP contribution in [0.2, 0.25) is 0 Å². The zero-order valence-electron chi connectivity index (χ0n) is 17.3. The standard InChI is InChI=1S/C20H29N7O3/c28-20(27-11-13-29-14-12-27)15-5-9-26(10-6-15)19-18(25-7-3-1-2-4-8-25)21-16-17(22-19)24-30-23-16/h15H,1-14H2. The molecule has 3 aliphatic heterocycles. The number of anilines is 2. The van der Waals surface area contributed by atoms with Crippen molar-refractivity contribution in [3.05, 3.63) is 0 Å². The molecule has 0 spiro atoms. The van der Waals surface area contributed by atoms with Crippen LogP contribution in [0.15, 0.2) is 4.63 Å². The number of rotatable bonds is 3. The Morgan fingerprint density at radius 1 is 0.767 bits per heavy atom. The lowest BCUT2D eigenvalue weighted by Gasteiger charge is -2.37. The maximum absolute atomic E-state index is 12.9. The van der Waals surface area contributed by atoms with Crippen LogP contribution >= 0.6 is 0 Å². The van der Waals surface area contributed by atoms with Crippen molar-refractivity contribution in [3.8, 4) is 0 Å². The van der Waals surface area contributed by atoms with Gasteiger partial charge in [0.05, 0.1) is 13.2 Å². The largest absolute Gasteiger partial charge is 0.378 e. The molecule has 2 aromatic rings. The van der Waals surface area contributed by atoms with E-state index in [4.69, 9.17) is 19.3 Å². The summed E-state index contributed by atoms with van der Waals surface area (Å²) in [6, 6.07) is 0. The highest BCUT2D eigenvalue weighted by Gasteiger charge is 2.32. The number of fused-ring (bicyclic) bond motifs is 1. The molecule has 10 heteroatoms. The number of hydrogen-bond acceptors (Lipinski definition) is 9. The van der Waals surface area contributed by atoms with Crippen molar-refractivity contribution >= 4 is 28.8 Å². The van der Waals surface area contributed by atoms with Crippen molar-refractivity contribution in [1.82, 2.24) is 25.2 Å². The average molecular weight is 415 g/mol. The Kier molecular flexibility index (Phi) is 5.65. The van der Waals surface area contributed by atoms with Crippen LogP contribution in [0.1, 0.15) is 38.5 Å². The fourth-order valence-corrected chi connectivity index (χ4v) is 4.71. The minimum absolute atomic E-state index is 0.0754. The summed E-state index contributed by atoms with van der Waals surface area (Å²) in [7, 11) is 0. The quantitative estimate of drug-likeness (QED) is 0.737. The molecule has 3 saturated heterocycles. The van der Waals surface area contributed by atoms with Crippen molar-refractivity contribution in [2.75, 3.05) is 62.3 Å². The number of morpholine rings is 1. The zero-order chi connectivity index (χ0) is 20.3. The van der Waals surface area contributed by atoms with Gasteiger partial charge in [0.15, 0.2) is 11.6 Å². The lowest BCUT2D eigenvalue weighted by Crippen LogP contribution is -2.47. The van der Waals surface area contributed by atoms with E-state index in [2.05, 4.69) is 20.1 Å². The van der Waals surface area contributed by atoms with Crippen molar-refractivity contribution in [3.63, 3.8) is 0 Å². The molecule has 30 heavy (non-hydrogen) atoms. The summed E-state index contributed by atoms with van der Waals surface area (Å²) in [5.74, 6) is 2.06. The van der Waals surface area contributed by atoms with Crippen molar-refractivity contribution in [2.45, 2.75) is 38.5 Å². The Bertz CT molecular complexity index is 866. The first-order valence-electron chi connectivity index (χ1n) is 11.2. The minimum Gasteiger partial charge on any atom is -0.378 e. The third-order valence-corrected chi connectivity index (χ3v) is 6.45. The molecule has 2 aromatic heterocycles. The summed E-state index contributed by atoms with van der Waals surface area (Å²) in [5.41, 5.74) is 0.894. The van der Waals surface area contributed by atoms with E-state index >= 15 is 0 Å². The van der Waals surface area contributed by atoms with Crippen LogP contribution < -0.4 is 9.80 Å². The molecule has 10 nitrogen and oxygen atoms in total. The summed E-state index contributed by atoms with van der Waals surface area (Å²) in [6.45, 7) is 6.23. The normalized spacial score (nSPS) is 21.8. The van der Waals surface area contributed by atoms with Crippen molar-refractivity contribution in [2.24, 2.45) is 5.92 Å². The van der Waals surface area contributed by atoms with Gasteiger partial charge in [0.25, 0.3) is 0 Å². The third-order valence-electron chi connectivity index (χ3n) is 6.45. The molecule has 5 heterocycles. The van der Waals surface area contributed by atoms with Gasteiger partial charge in [0.1, 0.15) is 0 Å². The highest BCUT2D eigenvalue weighted by molar-refractivity contribution is 5.80. The van der Waals surface area contributed by atoms with Gasteiger partial charge in [0.2, 0.25) is 17.2 Å². The molecule has 0 radical (unpaired) electrons. The van der Waals surface area contributed by atoms with E-state index in [1.165, 1.54) is 12.8 Å². The number of amides is 1. The SMILES string of the molecule is O=C(C1CCN(c2nc3nonc3nc2N2CCCCCC2)CC1)N1CCOCC1. The molecular weight excluding hydrogens is 386 g/mol. The van der Waals surface area contributed by atoms with Crippen LogP contribution in [0.3, 0.4) is 0 Å². The molecule has 0 aromatic carbocycles. The molecule has 3 aliphatic rings. The van der Waals surface area contributed by atoms with Crippen LogP contribution in [0.4, 0.5) is 11.6 Å². The van der Waals surface area contributed by atoms with E-state index in [9.17, 15) is 4.79 Å². The van der Waals surface area contributed by atoms with Crippen LogP contribution in [0.5, 0.6) is 0 Å². The van der Waals surface area contributed by atoms with E-state index < -0.39 is 0 Å². The second-order valence-corrected chi connectivity index (χ2v) is 8.38. The Morgan fingerprint density at radius 2 is 1.33 bits per heavy atom. The van der Waals surface area contributed by atoms with Crippen LogP contribution in [0, 0.1) is 5.92 Å². The molecule has 3 fully saturated rings. The minimum atomic E-state index is 0.0754.